The molecule has 4 heteroatoms. The number of benzene rings is 2. The van der Waals surface area contributed by atoms with Gasteiger partial charge in [0.25, 0.3) is 0 Å². The Hall–Kier alpha value is -1.94. The van der Waals surface area contributed by atoms with E-state index in [9.17, 15) is 4.79 Å². The van der Waals surface area contributed by atoms with Crippen molar-refractivity contribution < 1.29 is 14.6 Å². The third-order valence-electron chi connectivity index (χ3n) is 3.43. The number of thioether (sulfide) groups is 1. The SMILES string of the molecule is O=C(O)Cc1ccc(OCC2Cc3ccccc3S2)cc1. The van der Waals surface area contributed by atoms with Gasteiger partial charge in [0.2, 0.25) is 0 Å². The van der Waals surface area contributed by atoms with Crippen molar-refractivity contribution in [2.45, 2.75) is 23.0 Å². The van der Waals surface area contributed by atoms with Crippen LogP contribution < -0.4 is 4.74 Å². The Balaban J connectivity index is 1.53. The first-order valence-electron chi connectivity index (χ1n) is 6.89. The van der Waals surface area contributed by atoms with Gasteiger partial charge in [-0.2, -0.15) is 0 Å². The van der Waals surface area contributed by atoms with E-state index in [1.54, 1.807) is 12.1 Å². The normalized spacial score (nSPS) is 16.5. The predicted molar refractivity (Wildman–Crippen MR) is 83.1 cm³/mol. The fourth-order valence-corrected chi connectivity index (χ4v) is 3.63. The average Bonchev–Trinajstić information content (AvgIpc) is 2.89. The Morgan fingerprint density at radius 1 is 1.19 bits per heavy atom. The number of ether oxygens (including phenoxy) is 1. The zero-order chi connectivity index (χ0) is 14.7. The van der Waals surface area contributed by atoms with E-state index in [4.69, 9.17) is 9.84 Å². The number of hydrogen-bond acceptors (Lipinski definition) is 3. The van der Waals surface area contributed by atoms with Crippen molar-refractivity contribution in [2.75, 3.05) is 6.61 Å². The number of rotatable bonds is 5. The van der Waals surface area contributed by atoms with Crippen molar-refractivity contribution in [3.8, 4) is 5.75 Å². The van der Waals surface area contributed by atoms with E-state index in [2.05, 4.69) is 24.3 Å². The van der Waals surface area contributed by atoms with Crippen LogP contribution in [0.25, 0.3) is 0 Å². The van der Waals surface area contributed by atoms with Crippen molar-refractivity contribution in [2.24, 2.45) is 0 Å². The molecule has 0 amide bonds. The second-order valence-corrected chi connectivity index (χ2v) is 6.42. The summed E-state index contributed by atoms with van der Waals surface area (Å²) in [4.78, 5) is 12.0. The highest BCUT2D eigenvalue weighted by Gasteiger charge is 2.22. The van der Waals surface area contributed by atoms with E-state index in [0.29, 0.717) is 11.9 Å². The van der Waals surface area contributed by atoms with Crippen LogP contribution in [0.3, 0.4) is 0 Å². The van der Waals surface area contributed by atoms with Crippen molar-refractivity contribution >= 4 is 17.7 Å². The van der Waals surface area contributed by atoms with Gasteiger partial charge >= 0.3 is 5.97 Å². The van der Waals surface area contributed by atoms with Gasteiger partial charge in [0.1, 0.15) is 12.4 Å². The molecule has 108 valence electrons. The Bertz CT molecular complexity index is 612. The van der Waals surface area contributed by atoms with Gasteiger partial charge in [0.05, 0.1) is 6.42 Å². The van der Waals surface area contributed by atoms with Crippen molar-refractivity contribution in [1.82, 2.24) is 0 Å². The molecular weight excluding hydrogens is 284 g/mol. The van der Waals surface area contributed by atoms with Crippen LogP contribution in [0.2, 0.25) is 0 Å². The summed E-state index contributed by atoms with van der Waals surface area (Å²) in [5, 5.41) is 9.18. The molecule has 0 saturated heterocycles. The Kier molecular flexibility index (Phi) is 4.15. The molecule has 1 aliphatic heterocycles. The molecule has 0 radical (unpaired) electrons. The van der Waals surface area contributed by atoms with Gasteiger partial charge in [-0.3, -0.25) is 4.79 Å². The first kappa shape index (κ1) is 14.0. The van der Waals surface area contributed by atoms with Gasteiger partial charge in [0, 0.05) is 10.1 Å². The minimum absolute atomic E-state index is 0.0497. The van der Waals surface area contributed by atoms with Crippen LogP contribution in [0.1, 0.15) is 11.1 Å². The number of carbonyl (C=O) groups is 1. The molecule has 0 spiro atoms. The second kappa shape index (κ2) is 6.22. The third-order valence-corrected chi connectivity index (χ3v) is 4.72. The lowest BCUT2D eigenvalue weighted by Gasteiger charge is -2.11. The molecule has 1 atom stereocenters. The largest absolute Gasteiger partial charge is 0.492 e. The molecule has 0 aromatic heterocycles. The monoisotopic (exact) mass is 300 g/mol. The number of fused-ring (bicyclic) bond motifs is 1. The minimum atomic E-state index is -0.816. The van der Waals surface area contributed by atoms with Crippen LogP contribution in [0.5, 0.6) is 5.75 Å². The Morgan fingerprint density at radius 3 is 2.67 bits per heavy atom. The summed E-state index contributed by atoms with van der Waals surface area (Å²) in [7, 11) is 0. The van der Waals surface area contributed by atoms with Crippen LogP contribution in [0, 0.1) is 0 Å². The summed E-state index contributed by atoms with van der Waals surface area (Å²) >= 11 is 1.86. The highest BCUT2D eigenvalue weighted by atomic mass is 32.2. The lowest BCUT2D eigenvalue weighted by Crippen LogP contribution is -2.13. The summed E-state index contributed by atoms with van der Waals surface area (Å²) in [5.41, 5.74) is 2.19. The van der Waals surface area contributed by atoms with Crippen molar-refractivity contribution in [3.05, 3.63) is 59.7 Å². The van der Waals surface area contributed by atoms with Gasteiger partial charge in [0.15, 0.2) is 0 Å². The molecule has 1 N–H and O–H groups in total. The van der Waals surface area contributed by atoms with Gasteiger partial charge in [-0.15, -0.1) is 11.8 Å². The highest BCUT2D eigenvalue weighted by molar-refractivity contribution is 8.00. The van der Waals surface area contributed by atoms with E-state index < -0.39 is 5.97 Å². The van der Waals surface area contributed by atoms with E-state index in [0.717, 1.165) is 17.7 Å². The maximum atomic E-state index is 10.6. The zero-order valence-corrected chi connectivity index (χ0v) is 12.3. The lowest BCUT2D eigenvalue weighted by molar-refractivity contribution is -0.136. The van der Waals surface area contributed by atoms with Crippen LogP contribution >= 0.6 is 11.8 Å². The first-order chi connectivity index (χ1) is 10.2. The maximum Gasteiger partial charge on any atom is 0.307 e. The van der Waals surface area contributed by atoms with Crippen LogP contribution in [0.15, 0.2) is 53.4 Å². The molecule has 1 unspecified atom stereocenters. The number of carboxylic acid groups (broad SMARTS) is 1. The lowest BCUT2D eigenvalue weighted by atomic mass is 10.1. The topological polar surface area (TPSA) is 46.5 Å². The molecule has 1 aliphatic rings. The molecule has 21 heavy (non-hydrogen) atoms. The van der Waals surface area contributed by atoms with Crippen LogP contribution in [0.4, 0.5) is 0 Å². The summed E-state index contributed by atoms with van der Waals surface area (Å²) in [6.07, 6.45) is 1.09. The molecule has 1 heterocycles. The van der Waals surface area contributed by atoms with E-state index in [-0.39, 0.29) is 6.42 Å². The summed E-state index contributed by atoms with van der Waals surface area (Å²) < 4.78 is 5.81. The second-order valence-electron chi connectivity index (χ2n) is 5.08. The fraction of sp³-hybridized carbons (Fsp3) is 0.235. The van der Waals surface area contributed by atoms with Crippen LogP contribution in [-0.4, -0.2) is 22.9 Å². The standard InChI is InChI=1S/C17H16O3S/c18-17(19)9-12-5-7-14(8-6-12)20-11-15-10-13-3-1-2-4-16(13)21-15/h1-8,15H,9-11H2,(H,18,19). The summed E-state index contributed by atoms with van der Waals surface area (Å²) in [6, 6.07) is 15.7. The summed E-state index contributed by atoms with van der Waals surface area (Å²) in [5.74, 6) is -0.0236. The molecule has 0 bridgehead atoms. The predicted octanol–water partition coefficient (Wildman–Crippen LogP) is 3.41. The van der Waals surface area contributed by atoms with E-state index >= 15 is 0 Å². The van der Waals surface area contributed by atoms with Gasteiger partial charge < -0.3 is 9.84 Å². The third kappa shape index (κ3) is 3.58. The smallest absolute Gasteiger partial charge is 0.307 e. The van der Waals surface area contributed by atoms with Gasteiger partial charge in [-0.1, -0.05) is 30.3 Å². The van der Waals surface area contributed by atoms with Crippen LogP contribution in [-0.2, 0) is 17.6 Å². The minimum Gasteiger partial charge on any atom is -0.492 e. The molecule has 3 rings (SSSR count). The number of hydrogen-bond donors (Lipinski definition) is 1. The molecule has 0 aliphatic carbocycles. The quantitative estimate of drug-likeness (QED) is 0.919. The maximum absolute atomic E-state index is 10.6. The molecule has 2 aromatic carbocycles. The highest BCUT2D eigenvalue weighted by Crippen LogP contribution is 2.36. The first-order valence-corrected chi connectivity index (χ1v) is 7.77. The van der Waals surface area contributed by atoms with Gasteiger partial charge in [-0.05, 0) is 35.7 Å². The number of aliphatic carboxylic acids is 1. The van der Waals surface area contributed by atoms with Gasteiger partial charge in [-0.25, -0.2) is 0 Å². The van der Waals surface area contributed by atoms with E-state index in [1.807, 2.05) is 23.9 Å². The molecular formula is C17H16O3S. The molecule has 0 saturated carbocycles. The molecule has 2 aromatic rings. The fourth-order valence-electron chi connectivity index (χ4n) is 2.41. The van der Waals surface area contributed by atoms with Crippen molar-refractivity contribution in [1.29, 1.82) is 0 Å². The summed E-state index contributed by atoms with van der Waals surface area (Å²) in [6.45, 7) is 0.664. The molecule has 3 nitrogen and oxygen atoms in total. The Morgan fingerprint density at radius 2 is 1.95 bits per heavy atom. The zero-order valence-electron chi connectivity index (χ0n) is 11.5. The van der Waals surface area contributed by atoms with E-state index in [1.165, 1.54) is 10.5 Å². The number of carboxylic acids is 1. The average molecular weight is 300 g/mol. The Labute approximate surface area is 127 Å². The molecule has 0 fully saturated rings. The van der Waals surface area contributed by atoms with Crippen molar-refractivity contribution in [3.63, 3.8) is 0 Å².